The zero-order chi connectivity index (χ0) is 25.8. The summed E-state index contributed by atoms with van der Waals surface area (Å²) in [5.74, 6) is 0.237. The van der Waals surface area contributed by atoms with Crippen LogP contribution >= 0.6 is 11.3 Å². The molecule has 1 aromatic carbocycles. The summed E-state index contributed by atoms with van der Waals surface area (Å²) >= 11 is 1.26. The van der Waals surface area contributed by atoms with E-state index in [0.717, 1.165) is 65.9 Å². The zero-order valence-corrected chi connectivity index (χ0v) is 21.5. The highest BCUT2D eigenvalue weighted by molar-refractivity contribution is 7.21. The zero-order valence-electron chi connectivity index (χ0n) is 20.7. The maximum Gasteiger partial charge on any atom is 0.260 e. The van der Waals surface area contributed by atoms with Gasteiger partial charge in [0.05, 0.1) is 11.8 Å². The quantitative estimate of drug-likeness (QED) is 0.297. The maximum atomic E-state index is 11.8. The molecule has 1 aliphatic rings. The summed E-state index contributed by atoms with van der Waals surface area (Å²) in [7, 11) is 1.59. The minimum atomic E-state index is -0.647. The summed E-state index contributed by atoms with van der Waals surface area (Å²) in [6.45, 7) is 4.23. The van der Waals surface area contributed by atoms with Crippen molar-refractivity contribution in [3.63, 3.8) is 0 Å². The first-order valence-electron chi connectivity index (χ1n) is 12.3. The molecule has 0 aliphatic carbocycles. The van der Waals surface area contributed by atoms with Gasteiger partial charge in [-0.05, 0) is 48.6 Å². The number of pyridine rings is 1. The van der Waals surface area contributed by atoms with Crippen molar-refractivity contribution in [3.05, 3.63) is 51.9 Å². The molecule has 192 valence electrons. The van der Waals surface area contributed by atoms with Crippen molar-refractivity contribution in [2.45, 2.75) is 44.8 Å². The average Bonchev–Trinajstić information content (AvgIpc) is 3.24. The molecule has 2 aromatic heterocycles. The number of amides is 2. The van der Waals surface area contributed by atoms with E-state index in [0.29, 0.717) is 28.7 Å². The van der Waals surface area contributed by atoms with E-state index in [4.69, 9.17) is 16.5 Å². The Morgan fingerprint density at radius 3 is 2.56 bits per heavy atom. The van der Waals surface area contributed by atoms with Crippen molar-refractivity contribution in [1.29, 1.82) is 0 Å². The van der Waals surface area contributed by atoms with E-state index in [-0.39, 0.29) is 5.91 Å². The SMILES string of the molecule is CCCc1cc(N2CCC(NCC(O)c3ccc(C(=O)NC)cc3)CC2)nc2sc(C(N)=O)c(N)c12. The van der Waals surface area contributed by atoms with Gasteiger partial charge in [-0.3, -0.25) is 9.59 Å². The number of hydrogen-bond acceptors (Lipinski definition) is 8. The topological polar surface area (TPSA) is 147 Å². The highest BCUT2D eigenvalue weighted by atomic mass is 32.1. The van der Waals surface area contributed by atoms with Crippen molar-refractivity contribution >= 4 is 44.9 Å². The standard InChI is InChI=1S/C26H34N6O3S/c1-3-4-17-13-20(31-26-21(17)22(27)23(36-26)24(28)34)32-11-9-18(10-12-32)30-14-19(33)15-5-7-16(8-6-15)25(35)29-2/h5-8,13,18-19,30,33H,3-4,9-12,14,27H2,1-2H3,(H2,28,34)(H,29,35). The molecule has 10 heteroatoms. The van der Waals surface area contributed by atoms with E-state index in [1.165, 1.54) is 11.3 Å². The molecule has 1 fully saturated rings. The number of nitrogen functional groups attached to an aromatic ring is 1. The molecular weight excluding hydrogens is 476 g/mol. The normalized spacial score (nSPS) is 15.2. The van der Waals surface area contributed by atoms with E-state index in [2.05, 4.69) is 28.5 Å². The molecule has 1 unspecified atom stereocenters. The average molecular weight is 511 g/mol. The first-order valence-corrected chi connectivity index (χ1v) is 13.1. The Labute approximate surface area is 214 Å². The summed E-state index contributed by atoms with van der Waals surface area (Å²) in [5.41, 5.74) is 14.7. The molecule has 1 aliphatic heterocycles. The van der Waals surface area contributed by atoms with E-state index < -0.39 is 12.0 Å². The van der Waals surface area contributed by atoms with Gasteiger partial charge in [-0.25, -0.2) is 4.98 Å². The van der Waals surface area contributed by atoms with Crippen LogP contribution in [-0.2, 0) is 6.42 Å². The largest absolute Gasteiger partial charge is 0.397 e. The van der Waals surface area contributed by atoms with Gasteiger partial charge in [0.1, 0.15) is 15.5 Å². The lowest BCUT2D eigenvalue weighted by atomic mass is 10.0. The molecule has 4 rings (SSSR count). The number of thiophene rings is 1. The second-order valence-corrected chi connectivity index (χ2v) is 10.2. The minimum Gasteiger partial charge on any atom is -0.397 e. The second kappa shape index (κ2) is 11.2. The molecule has 2 amide bonds. The van der Waals surface area contributed by atoms with Gasteiger partial charge in [0.25, 0.3) is 11.8 Å². The summed E-state index contributed by atoms with van der Waals surface area (Å²) in [4.78, 5) is 31.7. The second-order valence-electron chi connectivity index (χ2n) is 9.17. The highest BCUT2D eigenvalue weighted by Gasteiger charge is 2.24. The fraction of sp³-hybridized carbons (Fsp3) is 0.423. The molecule has 7 N–H and O–H groups in total. The number of benzene rings is 1. The molecular formula is C26H34N6O3S. The number of anilines is 2. The first kappa shape index (κ1) is 25.9. The van der Waals surface area contributed by atoms with Crippen LogP contribution in [0, 0.1) is 0 Å². The highest BCUT2D eigenvalue weighted by Crippen LogP contribution is 2.37. The van der Waals surface area contributed by atoms with Crippen LogP contribution in [0.15, 0.2) is 30.3 Å². The summed E-state index contributed by atoms with van der Waals surface area (Å²) in [6.07, 6.45) is 3.01. The number of hydrogen-bond donors (Lipinski definition) is 5. The first-order chi connectivity index (χ1) is 17.3. The number of aromatic nitrogens is 1. The predicted molar refractivity (Wildman–Crippen MR) is 145 cm³/mol. The third-order valence-corrected chi connectivity index (χ3v) is 7.83. The van der Waals surface area contributed by atoms with Crippen molar-refractivity contribution in [2.24, 2.45) is 5.73 Å². The molecule has 3 heterocycles. The number of primary amides is 1. The Kier molecular flexibility index (Phi) is 8.07. The van der Waals surface area contributed by atoms with Gasteiger partial charge in [0, 0.05) is 43.7 Å². The van der Waals surface area contributed by atoms with Crippen molar-refractivity contribution in [1.82, 2.24) is 15.6 Å². The Morgan fingerprint density at radius 2 is 1.94 bits per heavy atom. The van der Waals surface area contributed by atoms with Crippen LogP contribution in [0.1, 0.15) is 63.4 Å². The smallest absolute Gasteiger partial charge is 0.260 e. The Morgan fingerprint density at radius 1 is 1.25 bits per heavy atom. The van der Waals surface area contributed by atoms with Crippen LogP contribution in [0.25, 0.3) is 10.2 Å². The van der Waals surface area contributed by atoms with Crippen molar-refractivity contribution in [2.75, 3.05) is 37.3 Å². The van der Waals surface area contributed by atoms with Crippen LogP contribution in [0.3, 0.4) is 0 Å². The number of carbonyl (C=O) groups is 2. The number of nitrogens with two attached hydrogens (primary N) is 2. The molecule has 1 saturated heterocycles. The number of nitrogens with one attached hydrogen (secondary N) is 2. The van der Waals surface area contributed by atoms with Gasteiger partial charge < -0.3 is 32.1 Å². The Hall–Kier alpha value is -3.21. The predicted octanol–water partition coefficient (Wildman–Crippen LogP) is 2.58. The molecule has 3 aromatic rings. The lowest BCUT2D eigenvalue weighted by molar-refractivity contribution is 0.0961. The molecule has 0 bridgehead atoms. The summed E-state index contributed by atoms with van der Waals surface area (Å²) in [6, 6.07) is 9.41. The Balaban J connectivity index is 1.38. The molecule has 0 spiro atoms. The van der Waals surface area contributed by atoms with Crippen LogP contribution < -0.4 is 27.0 Å². The minimum absolute atomic E-state index is 0.146. The number of aryl methyl sites for hydroxylation is 1. The number of aliphatic hydroxyl groups is 1. The number of piperidine rings is 1. The van der Waals surface area contributed by atoms with E-state index in [1.54, 1.807) is 31.3 Å². The monoisotopic (exact) mass is 510 g/mol. The van der Waals surface area contributed by atoms with Gasteiger partial charge >= 0.3 is 0 Å². The summed E-state index contributed by atoms with van der Waals surface area (Å²) in [5, 5.41) is 17.5. The lowest BCUT2D eigenvalue weighted by Crippen LogP contribution is -2.44. The number of aliphatic hydroxyl groups excluding tert-OH is 1. The summed E-state index contributed by atoms with van der Waals surface area (Å²) < 4.78 is 0. The van der Waals surface area contributed by atoms with Gasteiger partial charge in [-0.2, -0.15) is 0 Å². The van der Waals surface area contributed by atoms with E-state index >= 15 is 0 Å². The number of fused-ring (bicyclic) bond motifs is 1. The third kappa shape index (κ3) is 5.45. The molecule has 9 nitrogen and oxygen atoms in total. The van der Waals surface area contributed by atoms with E-state index in [9.17, 15) is 14.7 Å². The molecule has 0 radical (unpaired) electrons. The molecule has 36 heavy (non-hydrogen) atoms. The van der Waals surface area contributed by atoms with Gasteiger partial charge in [-0.1, -0.05) is 25.5 Å². The van der Waals surface area contributed by atoms with Crippen LogP contribution in [0.5, 0.6) is 0 Å². The van der Waals surface area contributed by atoms with Crippen molar-refractivity contribution in [3.8, 4) is 0 Å². The fourth-order valence-electron chi connectivity index (χ4n) is 4.71. The lowest BCUT2D eigenvalue weighted by Gasteiger charge is -2.34. The van der Waals surface area contributed by atoms with Gasteiger partial charge in [0.2, 0.25) is 0 Å². The van der Waals surface area contributed by atoms with Gasteiger partial charge in [0.15, 0.2) is 0 Å². The van der Waals surface area contributed by atoms with E-state index in [1.807, 2.05) is 0 Å². The number of rotatable bonds is 9. The van der Waals surface area contributed by atoms with Crippen LogP contribution in [-0.4, -0.2) is 54.6 Å². The van der Waals surface area contributed by atoms with Crippen molar-refractivity contribution < 1.29 is 14.7 Å². The van der Waals surface area contributed by atoms with Gasteiger partial charge in [-0.15, -0.1) is 11.3 Å². The van der Waals surface area contributed by atoms with Crippen LogP contribution in [0.4, 0.5) is 11.5 Å². The fourth-order valence-corrected chi connectivity index (χ4v) is 5.69. The number of carbonyl (C=O) groups excluding carboxylic acids is 2. The number of nitrogens with zero attached hydrogens (tertiary/aromatic N) is 2. The molecule has 1 atom stereocenters. The maximum absolute atomic E-state index is 11.8. The third-order valence-electron chi connectivity index (χ3n) is 6.71. The molecule has 0 saturated carbocycles. The Bertz CT molecular complexity index is 1230. The van der Waals surface area contributed by atoms with Crippen LogP contribution in [0.2, 0.25) is 0 Å².